The van der Waals surface area contributed by atoms with Crippen molar-refractivity contribution in [3.05, 3.63) is 89.0 Å². The molecule has 0 aliphatic rings. The van der Waals surface area contributed by atoms with Gasteiger partial charge in [0.15, 0.2) is 0 Å². The molecule has 0 saturated carbocycles. The number of aryl methyl sites for hydroxylation is 4. The maximum atomic E-state index is 13.5. The van der Waals surface area contributed by atoms with Crippen molar-refractivity contribution in [2.24, 2.45) is 0 Å². The molecule has 0 atom stereocenters. The molecule has 156 valence electrons. The van der Waals surface area contributed by atoms with Gasteiger partial charge in [-0.05, 0) is 63.6 Å². The zero-order valence-corrected chi connectivity index (χ0v) is 18.5. The first kappa shape index (κ1) is 21.6. The molecule has 6 heteroatoms. The molecule has 0 aromatic heterocycles. The van der Waals surface area contributed by atoms with Gasteiger partial charge in [0.25, 0.3) is 10.0 Å². The summed E-state index contributed by atoms with van der Waals surface area (Å²) in [5.41, 5.74) is 4.96. The summed E-state index contributed by atoms with van der Waals surface area (Å²) in [7, 11) is -3.93. The second kappa shape index (κ2) is 8.71. The van der Waals surface area contributed by atoms with Crippen LogP contribution in [0.4, 0.5) is 11.4 Å². The first-order valence-electron chi connectivity index (χ1n) is 9.70. The van der Waals surface area contributed by atoms with Crippen LogP contribution in [0.1, 0.15) is 22.3 Å². The third-order valence-corrected chi connectivity index (χ3v) is 6.63. The van der Waals surface area contributed by atoms with Crippen molar-refractivity contribution in [3.63, 3.8) is 0 Å². The van der Waals surface area contributed by atoms with Crippen LogP contribution in [0.25, 0.3) is 0 Å². The predicted molar refractivity (Wildman–Crippen MR) is 121 cm³/mol. The summed E-state index contributed by atoms with van der Waals surface area (Å²) in [6, 6.07) is 19.5. The predicted octanol–water partition coefficient (Wildman–Crippen LogP) is 4.75. The Morgan fingerprint density at radius 3 is 1.90 bits per heavy atom. The summed E-state index contributed by atoms with van der Waals surface area (Å²) >= 11 is 0. The quantitative estimate of drug-likeness (QED) is 0.623. The number of carbonyl (C=O) groups is 1. The molecule has 0 saturated heterocycles. The largest absolute Gasteiger partial charge is 0.325 e. The van der Waals surface area contributed by atoms with Gasteiger partial charge >= 0.3 is 0 Å². The normalized spacial score (nSPS) is 11.2. The molecular formula is C24H26N2O3S. The van der Waals surface area contributed by atoms with Gasteiger partial charge in [-0.1, -0.05) is 53.1 Å². The fraction of sp³-hybridized carbons (Fsp3) is 0.208. The lowest BCUT2D eigenvalue weighted by atomic mass is 10.1. The minimum atomic E-state index is -3.93. The van der Waals surface area contributed by atoms with Crippen molar-refractivity contribution in [1.82, 2.24) is 0 Å². The number of rotatable bonds is 6. The van der Waals surface area contributed by atoms with Crippen LogP contribution in [-0.2, 0) is 14.8 Å². The molecule has 0 aliphatic heterocycles. The highest BCUT2D eigenvalue weighted by molar-refractivity contribution is 7.92. The lowest BCUT2D eigenvalue weighted by Gasteiger charge is -2.26. The highest BCUT2D eigenvalue weighted by Crippen LogP contribution is 2.28. The fourth-order valence-corrected chi connectivity index (χ4v) is 4.68. The number of sulfonamides is 1. The van der Waals surface area contributed by atoms with Gasteiger partial charge in [-0.15, -0.1) is 0 Å². The molecule has 3 rings (SSSR count). The summed E-state index contributed by atoms with van der Waals surface area (Å²) in [6.45, 7) is 7.32. The standard InChI is InChI=1S/C24H26N2O3S/c1-17-5-10-21(11-6-17)25-24(27)16-26(23-14-9-19(3)15-20(23)4)30(28,29)22-12-7-18(2)8-13-22/h5-15H,16H2,1-4H3,(H,25,27). The molecule has 0 aliphatic carbocycles. The Bertz CT molecular complexity index is 1150. The van der Waals surface area contributed by atoms with Gasteiger partial charge in [0.2, 0.25) is 5.91 Å². The Hall–Kier alpha value is -3.12. The van der Waals surface area contributed by atoms with Gasteiger partial charge in [-0.2, -0.15) is 0 Å². The Kier molecular flexibility index (Phi) is 6.27. The van der Waals surface area contributed by atoms with E-state index < -0.39 is 15.9 Å². The fourth-order valence-electron chi connectivity index (χ4n) is 3.19. The van der Waals surface area contributed by atoms with Crippen LogP contribution in [0.5, 0.6) is 0 Å². The minimum absolute atomic E-state index is 0.149. The van der Waals surface area contributed by atoms with Gasteiger partial charge in [-0.25, -0.2) is 8.42 Å². The zero-order chi connectivity index (χ0) is 21.9. The van der Waals surface area contributed by atoms with Crippen molar-refractivity contribution in [2.45, 2.75) is 32.6 Å². The van der Waals surface area contributed by atoms with Crippen LogP contribution < -0.4 is 9.62 Å². The third-order valence-electron chi connectivity index (χ3n) is 4.85. The van der Waals surface area contributed by atoms with Gasteiger partial charge in [-0.3, -0.25) is 9.10 Å². The molecule has 0 radical (unpaired) electrons. The van der Waals surface area contributed by atoms with Crippen molar-refractivity contribution >= 4 is 27.3 Å². The first-order chi connectivity index (χ1) is 14.2. The number of hydrogen-bond donors (Lipinski definition) is 1. The summed E-state index contributed by atoms with van der Waals surface area (Å²) in [5, 5.41) is 2.79. The summed E-state index contributed by atoms with van der Waals surface area (Å²) in [5.74, 6) is -0.408. The van der Waals surface area contributed by atoms with E-state index >= 15 is 0 Å². The van der Waals surface area contributed by atoms with Crippen molar-refractivity contribution in [2.75, 3.05) is 16.2 Å². The Morgan fingerprint density at radius 2 is 1.33 bits per heavy atom. The molecule has 0 fully saturated rings. The number of hydrogen-bond acceptors (Lipinski definition) is 3. The lowest BCUT2D eigenvalue weighted by molar-refractivity contribution is -0.114. The van der Waals surface area contributed by atoms with Crippen molar-refractivity contribution in [3.8, 4) is 0 Å². The SMILES string of the molecule is Cc1ccc(NC(=O)CN(c2ccc(C)cc2C)S(=O)(=O)c2ccc(C)cc2)cc1. The monoisotopic (exact) mass is 422 g/mol. The number of anilines is 2. The van der Waals surface area contributed by atoms with E-state index in [0.717, 1.165) is 22.3 Å². The summed E-state index contributed by atoms with van der Waals surface area (Å²) in [4.78, 5) is 12.9. The maximum absolute atomic E-state index is 13.5. The van der Waals surface area contributed by atoms with Crippen LogP contribution in [0, 0.1) is 27.7 Å². The molecule has 0 unspecified atom stereocenters. The smallest absolute Gasteiger partial charge is 0.264 e. The summed E-state index contributed by atoms with van der Waals surface area (Å²) < 4.78 is 28.1. The van der Waals surface area contributed by atoms with Crippen LogP contribution in [0.15, 0.2) is 71.6 Å². The Balaban J connectivity index is 1.97. The zero-order valence-electron chi connectivity index (χ0n) is 17.6. The molecule has 3 aromatic carbocycles. The first-order valence-corrected chi connectivity index (χ1v) is 11.1. The highest BCUT2D eigenvalue weighted by Gasteiger charge is 2.28. The van der Waals surface area contributed by atoms with Gasteiger partial charge in [0.1, 0.15) is 6.54 Å². The number of nitrogens with zero attached hydrogens (tertiary/aromatic N) is 1. The maximum Gasteiger partial charge on any atom is 0.264 e. The lowest BCUT2D eigenvalue weighted by Crippen LogP contribution is -2.38. The van der Waals surface area contributed by atoms with E-state index in [1.807, 2.05) is 52.0 Å². The van der Waals surface area contributed by atoms with E-state index in [0.29, 0.717) is 11.4 Å². The molecule has 3 aromatic rings. The van der Waals surface area contributed by atoms with E-state index in [-0.39, 0.29) is 11.4 Å². The Morgan fingerprint density at radius 1 is 0.800 bits per heavy atom. The minimum Gasteiger partial charge on any atom is -0.325 e. The molecule has 0 heterocycles. The molecule has 1 N–H and O–H groups in total. The van der Waals surface area contributed by atoms with Gasteiger partial charge in [0.05, 0.1) is 10.6 Å². The average Bonchev–Trinajstić information content (AvgIpc) is 2.69. The molecule has 1 amide bonds. The van der Waals surface area contributed by atoms with Crippen molar-refractivity contribution in [1.29, 1.82) is 0 Å². The van der Waals surface area contributed by atoms with Crippen LogP contribution in [-0.4, -0.2) is 20.9 Å². The number of nitrogens with one attached hydrogen (secondary N) is 1. The Labute approximate surface area is 178 Å². The van der Waals surface area contributed by atoms with Crippen LogP contribution in [0.2, 0.25) is 0 Å². The molecule has 0 spiro atoms. The molecule has 5 nitrogen and oxygen atoms in total. The van der Waals surface area contributed by atoms with E-state index in [9.17, 15) is 13.2 Å². The number of benzene rings is 3. The number of carbonyl (C=O) groups excluding carboxylic acids is 1. The van der Waals surface area contributed by atoms with E-state index in [1.54, 1.807) is 42.5 Å². The third kappa shape index (κ3) is 4.89. The van der Waals surface area contributed by atoms with E-state index in [4.69, 9.17) is 0 Å². The van der Waals surface area contributed by atoms with E-state index in [1.165, 1.54) is 4.31 Å². The number of amides is 1. The van der Waals surface area contributed by atoms with Gasteiger partial charge in [0, 0.05) is 5.69 Å². The molecular weight excluding hydrogens is 396 g/mol. The highest BCUT2D eigenvalue weighted by atomic mass is 32.2. The van der Waals surface area contributed by atoms with Crippen molar-refractivity contribution < 1.29 is 13.2 Å². The second-order valence-electron chi connectivity index (χ2n) is 7.53. The topological polar surface area (TPSA) is 66.5 Å². The van der Waals surface area contributed by atoms with Crippen LogP contribution in [0.3, 0.4) is 0 Å². The second-order valence-corrected chi connectivity index (χ2v) is 9.39. The summed E-state index contributed by atoms with van der Waals surface area (Å²) in [6.07, 6.45) is 0. The van der Waals surface area contributed by atoms with E-state index in [2.05, 4.69) is 5.32 Å². The van der Waals surface area contributed by atoms with Gasteiger partial charge < -0.3 is 5.32 Å². The average molecular weight is 423 g/mol. The molecule has 30 heavy (non-hydrogen) atoms. The van der Waals surface area contributed by atoms with Crippen LogP contribution >= 0.6 is 0 Å². The molecule has 0 bridgehead atoms.